The van der Waals surface area contributed by atoms with E-state index in [1.54, 1.807) is 20.8 Å². The molecule has 0 radical (unpaired) electrons. The van der Waals surface area contributed by atoms with Crippen LogP contribution in [-0.2, 0) is 23.9 Å². The monoisotopic (exact) mass is 481 g/mol. The highest BCUT2D eigenvalue weighted by atomic mass is 16.7. The second-order valence-electron chi connectivity index (χ2n) is 8.11. The van der Waals surface area contributed by atoms with Crippen LogP contribution in [0.15, 0.2) is 18.2 Å². The summed E-state index contributed by atoms with van der Waals surface area (Å²) in [6, 6.07) is 3.01. The van der Waals surface area contributed by atoms with Crippen LogP contribution in [0.5, 0.6) is 11.5 Å². The molecule has 0 fully saturated rings. The van der Waals surface area contributed by atoms with Gasteiger partial charge >= 0.3 is 24.1 Å². The minimum Gasteiger partial charge on any atom is -0.480 e. The van der Waals surface area contributed by atoms with Crippen molar-refractivity contribution in [1.82, 2.24) is 0 Å². The summed E-state index contributed by atoms with van der Waals surface area (Å²) >= 11 is 0. The third kappa shape index (κ3) is 9.01. The molecule has 3 N–H and O–H groups in total. The second kappa shape index (κ2) is 14.2. The van der Waals surface area contributed by atoms with Gasteiger partial charge in [0, 0.05) is 18.8 Å². The summed E-state index contributed by atoms with van der Waals surface area (Å²) in [7, 11) is 0. The average molecular weight is 482 g/mol. The van der Waals surface area contributed by atoms with Crippen LogP contribution in [0.4, 0.5) is 4.79 Å². The number of esters is 2. The quantitative estimate of drug-likeness (QED) is 0.315. The van der Waals surface area contributed by atoms with Crippen molar-refractivity contribution >= 4 is 24.1 Å². The Balaban J connectivity index is 3.18. The molecule has 0 bridgehead atoms. The Labute approximate surface area is 199 Å². The third-order valence-corrected chi connectivity index (χ3v) is 5.31. The van der Waals surface area contributed by atoms with E-state index in [0.29, 0.717) is 5.56 Å². The molecule has 0 saturated heterocycles. The van der Waals surface area contributed by atoms with E-state index in [2.05, 4.69) is 0 Å². The van der Waals surface area contributed by atoms with Crippen molar-refractivity contribution in [2.24, 2.45) is 17.6 Å². The molecular formula is C24H35NO9. The van der Waals surface area contributed by atoms with Crippen LogP contribution >= 0.6 is 0 Å². The lowest BCUT2D eigenvalue weighted by Gasteiger charge is -2.28. The molecule has 0 aromatic heterocycles. The van der Waals surface area contributed by atoms with E-state index in [1.807, 2.05) is 13.8 Å². The molecule has 1 rings (SSSR count). The number of carbonyl (C=O) groups is 4. The van der Waals surface area contributed by atoms with E-state index in [1.165, 1.54) is 18.2 Å². The third-order valence-electron chi connectivity index (χ3n) is 5.31. The molecule has 0 aliphatic heterocycles. The maximum absolute atomic E-state index is 11.9. The number of aliphatic carboxylic acids is 1. The van der Waals surface area contributed by atoms with Crippen molar-refractivity contribution in [3.8, 4) is 11.5 Å². The topological polar surface area (TPSA) is 151 Å². The van der Waals surface area contributed by atoms with Crippen LogP contribution in [-0.4, -0.2) is 48.4 Å². The summed E-state index contributed by atoms with van der Waals surface area (Å²) in [4.78, 5) is 47.3. The number of carboxylic acids is 1. The standard InChI is InChI=1S/C24H35NO9/c1-6-14(4)12-31-24(30)32-13-15(5)21(22(25)23(28)29)16-9-10-17(33-19(26)7-2)18(11-16)34-20(27)8-3/h9-11,14-15,21-22H,6-8,12-13,25H2,1-5H3,(H,28,29)/t14?,15?,21?,22-/m0/s1. The van der Waals surface area contributed by atoms with Gasteiger partial charge in [-0.2, -0.15) is 0 Å². The minimum absolute atomic E-state index is 0.0255. The Hall–Kier alpha value is -3.14. The molecule has 1 aromatic carbocycles. The maximum Gasteiger partial charge on any atom is 0.508 e. The number of nitrogens with two attached hydrogens (primary N) is 1. The van der Waals surface area contributed by atoms with Crippen molar-refractivity contribution in [2.45, 2.75) is 65.8 Å². The SMILES string of the molecule is CCC(=O)Oc1ccc(C(C(C)COC(=O)OCC(C)CC)[C@H](N)C(=O)O)cc1OC(=O)CC. The molecule has 10 nitrogen and oxygen atoms in total. The molecule has 0 amide bonds. The van der Waals surface area contributed by atoms with E-state index >= 15 is 0 Å². The summed E-state index contributed by atoms with van der Waals surface area (Å²) in [6.07, 6.45) is 0.172. The van der Waals surface area contributed by atoms with E-state index in [0.717, 1.165) is 6.42 Å². The molecule has 190 valence electrons. The Morgan fingerprint density at radius 1 is 0.912 bits per heavy atom. The smallest absolute Gasteiger partial charge is 0.480 e. The van der Waals surface area contributed by atoms with Gasteiger partial charge in [-0.25, -0.2) is 4.79 Å². The highest BCUT2D eigenvalue weighted by molar-refractivity contribution is 5.77. The second-order valence-corrected chi connectivity index (χ2v) is 8.11. The predicted molar refractivity (Wildman–Crippen MR) is 123 cm³/mol. The number of hydrogen-bond donors (Lipinski definition) is 2. The largest absolute Gasteiger partial charge is 0.508 e. The first-order chi connectivity index (χ1) is 16.0. The molecule has 1 aromatic rings. The highest BCUT2D eigenvalue weighted by Crippen LogP contribution is 2.36. The zero-order valence-corrected chi connectivity index (χ0v) is 20.4. The number of rotatable bonds is 13. The summed E-state index contributed by atoms with van der Waals surface area (Å²) in [5.74, 6) is -3.54. The Bertz CT molecular complexity index is 855. The highest BCUT2D eigenvalue weighted by Gasteiger charge is 2.33. The van der Waals surface area contributed by atoms with E-state index in [-0.39, 0.29) is 43.5 Å². The van der Waals surface area contributed by atoms with Crippen LogP contribution in [0.2, 0.25) is 0 Å². The van der Waals surface area contributed by atoms with Gasteiger partial charge in [-0.15, -0.1) is 0 Å². The van der Waals surface area contributed by atoms with Gasteiger partial charge < -0.3 is 29.8 Å². The fourth-order valence-electron chi connectivity index (χ4n) is 3.00. The number of benzene rings is 1. The summed E-state index contributed by atoms with van der Waals surface area (Å²) in [5.41, 5.74) is 6.38. The van der Waals surface area contributed by atoms with Gasteiger partial charge in [-0.05, 0) is 29.5 Å². The van der Waals surface area contributed by atoms with Gasteiger partial charge in [0.05, 0.1) is 13.2 Å². The van der Waals surface area contributed by atoms with Gasteiger partial charge in [0.1, 0.15) is 6.04 Å². The zero-order chi connectivity index (χ0) is 25.8. The first-order valence-corrected chi connectivity index (χ1v) is 11.4. The normalized spacial score (nSPS) is 14.3. The Morgan fingerprint density at radius 2 is 1.47 bits per heavy atom. The summed E-state index contributed by atoms with van der Waals surface area (Å²) in [6.45, 7) is 8.87. The van der Waals surface area contributed by atoms with E-state index in [9.17, 15) is 24.3 Å². The molecular weight excluding hydrogens is 446 g/mol. The number of carbonyl (C=O) groups excluding carboxylic acids is 3. The van der Waals surface area contributed by atoms with Crippen LogP contribution in [0.3, 0.4) is 0 Å². The molecule has 0 spiro atoms. The van der Waals surface area contributed by atoms with Gasteiger partial charge in [-0.3, -0.25) is 14.4 Å². The first kappa shape index (κ1) is 28.9. The van der Waals surface area contributed by atoms with Crippen molar-refractivity contribution in [3.05, 3.63) is 23.8 Å². The molecule has 0 aliphatic rings. The zero-order valence-electron chi connectivity index (χ0n) is 20.4. The average Bonchev–Trinajstić information content (AvgIpc) is 2.82. The molecule has 4 atom stereocenters. The summed E-state index contributed by atoms with van der Waals surface area (Å²) in [5, 5.41) is 9.56. The lowest BCUT2D eigenvalue weighted by Crippen LogP contribution is -2.40. The van der Waals surface area contributed by atoms with Gasteiger partial charge in [0.2, 0.25) is 0 Å². The molecule has 3 unspecified atom stereocenters. The van der Waals surface area contributed by atoms with E-state index < -0.39 is 41.9 Å². The minimum atomic E-state index is -1.35. The summed E-state index contributed by atoms with van der Waals surface area (Å²) < 4.78 is 20.8. The fourth-order valence-corrected chi connectivity index (χ4v) is 3.00. The van der Waals surface area contributed by atoms with Crippen LogP contribution in [0.1, 0.15) is 65.4 Å². The number of hydrogen-bond acceptors (Lipinski definition) is 9. The molecule has 0 aliphatic carbocycles. The fraction of sp³-hybridized carbons (Fsp3) is 0.583. The number of ether oxygens (including phenoxy) is 4. The predicted octanol–water partition coefficient (Wildman–Crippen LogP) is 3.65. The Morgan fingerprint density at radius 3 is 2.00 bits per heavy atom. The van der Waals surface area contributed by atoms with Crippen molar-refractivity contribution < 1.29 is 43.2 Å². The number of carboxylic acid groups (broad SMARTS) is 1. The van der Waals surface area contributed by atoms with E-state index in [4.69, 9.17) is 24.7 Å². The van der Waals surface area contributed by atoms with Gasteiger partial charge in [0.25, 0.3) is 0 Å². The first-order valence-electron chi connectivity index (χ1n) is 11.4. The maximum atomic E-state index is 11.9. The molecule has 0 heterocycles. The Kier molecular flexibility index (Phi) is 12.1. The van der Waals surface area contributed by atoms with Gasteiger partial charge in [0.15, 0.2) is 11.5 Å². The lowest BCUT2D eigenvalue weighted by atomic mass is 9.82. The molecule has 10 heteroatoms. The van der Waals surface area contributed by atoms with Crippen LogP contribution in [0, 0.1) is 11.8 Å². The molecule has 0 saturated carbocycles. The van der Waals surface area contributed by atoms with Crippen molar-refractivity contribution in [3.63, 3.8) is 0 Å². The molecule has 34 heavy (non-hydrogen) atoms. The lowest BCUT2D eigenvalue weighted by molar-refractivity contribution is -0.139. The van der Waals surface area contributed by atoms with Gasteiger partial charge in [-0.1, -0.05) is 47.1 Å². The van der Waals surface area contributed by atoms with Crippen LogP contribution < -0.4 is 15.2 Å². The van der Waals surface area contributed by atoms with Crippen molar-refractivity contribution in [2.75, 3.05) is 13.2 Å². The van der Waals surface area contributed by atoms with Crippen LogP contribution in [0.25, 0.3) is 0 Å². The van der Waals surface area contributed by atoms with Crippen molar-refractivity contribution in [1.29, 1.82) is 0 Å².